The fraction of sp³-hybridized carbons (Fsp3) is 0.434. The van der Waals surface area contributed by atoms with Gasteiger partial charge in [0.05, 0.1) is 0 Å². The maximum Gasteiger partial charge on any atom is 0.173 e. The van der Waals surface area contributed by atoms with Gasteiger partial charge in [0.2, 0.25) is 0 Å². The lowest BCUT2D eigenvalue weighted by Crippen LogP contribution is -2.43. The maximum atomic E-state index is 6.20. The van der Waals surface area contributed by atoms with Gasteiger partial charge in [0, 0.05) is 0 Å². The van der Waals surface area contributed by atoms with Crippen LogP contribution in [0.25, 0.3) is 11.1 Å². The van der Waals surface area contributed by atoms with Crippen LogP contribution in [-0.2, 0) is 4.12 Å². The minimum absolute atomic E-state index is 0. The molecule has 0 bridgehead atoms. The summed E-state index contributed by atoms with van der Waals surface area (Å²) in [6, 6.07) is 40.4. The van der Waals surface area contributed by atoms with Gasteiger partial charge < -0.3 is 8.85 Å². The van der Waals surface area contributed by atoms with Gasteiger partial charge in [-0.15, -0.1) is 0 Å². The summed E-state index contributed by atoms with van der Waals surface area (Å²) in [6.45, 7) is 30.7. The molecular weight excluding hydrogens is 725 g/mol. The van der Waals surface area contributed by atoms with E-state index in [1.54, 1.807) is 0 Å². The van der Waals surface area contributed by atoms with Crippen molar-refractivity contribution in [3.8, 4) is 22.6 Å². The average Bonchev–Trinajstić information content (AvgIpc) is 3.06. The average molecular weight is 817 g/mol. The van der Waals surface area contributed by atoms with Crippen LogP contribution < -0.4 is 4.74 Å². The molecule has 0 aromatic heterocycles. The fourth-order valence-corrected chi connectivity index (χ4v) is 12.2. The van der Waals surface area contributed by atoms with Gasteiger partial charge in [-0.25, -0.2) is 0 Å². The molecule has 0 aliphatic heterocycles. The summed E-state index contributed by atoms with van der Waals surface area (Å²) in [6.07, 6.45) is 0. The Morgan fingerprint density at radius 2 is 0.579 bits per heavy atom. The topological polar surface area (TPSA) is 18.5 Å². The molecule has 5 aromatic rings. The Hall–Kier alpha value is -3.71. The van der Waals surface area contributed by atoms with E-state index in [1.807, 2.05) is 48.5 Å². The molecule has 5 aromatic carbocycles. The highest BCUT2D eigenvalue weighted by Crippen LogP contribution is 2.28. The van der Waals surface area contributed by atoms with Crippen LogP contribution in [0.4, 0.5) is 0 Å². The monoisotopic (exact) mass is 817 g/mol. The second-order valence-electron chi connectivity index (χ2n) is 14.8. The first-order valence-electron chi connectivity index (χ1n) is 18.1. The first kappa shape index (κ1) is 65.2. The van der Waals surface area contributed by atoms with E-state index in [1.165, 1.54) is 67.7 Å². The second kappa shape index (κ2) is 31.3. The highest BCUT2D eigenvalue weighted by molar-refractivity contribution is 6.84. The molecule has 2 nitrogen and oxygen atoms in total. The van der Waals surface area contributed by atoms with Gasteiger partial charge in [0.1, 0.15) is 11.5 Å². The molecule has 324 valence electrons. The number of hydrogen-bond acceptors (Lipinski definition) is 2. The molecule has 0 heterocycles. The number of rotatable bonds is 7. The molecule has 0 saturated heterocycles. The highest BCUT2D eigenvalue weighted by Gasteiger charge is 2.29. The van der Waals surface area contributed by atoms with Crippen molar-refractivity contribution in [1.29, 1.82) is 0 Å². The summed E-state index contributed by atoms with van der Waals surface area (Å²) in [5, 5.41) is 0. The predicted molar refractivity (Wildman–Crippen MR) is 273 cm³/mol. The lowest BCUT2D eigenvalue weighted by atomic mass is 9.94. The molecule has 0 atom stereocenters. The van der Waals surface area contributed by atoms with E-state index in [2.05, 4.69) is 156 Å². The van der Waals surface area contributed by atoms with Gasteiger partial charge in [-0.05, 0) is 140 Å². The molecule has 0 amide bonds. The highest BCUT2D eigenvalue weighted by atomic mass is 28.4. The van der Waals surface area contributed by atoms with Crippen LogP contribution in [0.15, 0.2) is 109 Å². The zero-order chi connectivity index (χ0) is 37.5. The first-order chi connectivity index (χ1) is 23.4. The SMILES string of the molecule is C.C.C.C.C.C.C.CC[Si](C)(C)O[Si](C)(C)CC.Cc1ccc(-c2ccc(C)cc2C)c(C)c1.Cc1ccc(C)cc1.Cc1ccc(Oc2ccc(C)cc2)cc1. The van der Waals surface area contributed by atoms with Gasteiger partial charge in [0.15, 0.2) is 16.6 Å². The van der Waals surface area contributed by atoms with Gasteiger partial charge in [0.25, 0.3) is 0 Å². The van der Waals surface area contributed by atoms with Crippen molar-refractivity contribution >= 4 is 16.6 Å². The maximum absolute atomic E-state index is 6.20. The first-order valence-corrected chi connectivity index (χ1v) is 24.4. The van der Waals surface area contributed by atoms with E-state index in [0.717, 1.165) is 11.5 Å². The van der Waals surface area contributed by atoms with E-state index < -0.39 is 16.6 Å². The van der Waals surface area contributed by atoms with Crippen LogP contribution in [0.1, 0.15) is 110 Å². The molecular formula is C53H92O2Si2. The van der Waals surface area contributed by atoms with Gasteiger partial charge >= 0.3 is 0 Å². The van der Waals surface area contributed by atoms with Crippen molar-refractivity contribution in [3.05, 3.63) is 154 Å². The molecule has 0 unspecified atom stereocenters. The third kappa shape index (κ3) is 25.3. The van der Waals surface area contributed by atoms with Crippen LogP contribution in [0.3, 0.4) is 0 Å². The number of ether oxygens (including phenoxy) is 1. The molecule has 0 aliphatic rings. The Kier molecular flexibility index (Phi) is 35.8. The lowest BCUT2D eigenvalue weighted by Gasteiger charge is -2.32. The van der Waals surface area contributed by atoms with E-state index in [-0.39, 0.29) is 52.0 Å². The summed E-state index contributed by atoms with van der Waals surface area (Å²) in [5.74, 6) is 1.76. The van der Waals surface area contributed by atoms with Gasteiger partial charge in [-0.3, -0.25) is 0 Å². The normalized spacial score (nSPS) is 9.51. The number of benzene rings is 5. The molecule has 57 heavy (non-hydrogen) atoms. The Bertz CT molecular complexity index is 1590. The fourth-order valence-electron chi connectivity index (χ4n) is 5.11. The van der Waals surface area contributed by atoms with Crippen molar-refractivity contribution in [1.82, 2.24) is 0 Å². The predicted octanol–water partition coefficient (Wildman–Crippen LogP) is 18.9. The van der Waals surface area contributed by atoms with E-state index in [4.69, 9.17) is 8.85 Å². The summed E-state index contributed by atoms with van der Waals surface area (Å²) in [7, 11) is -2.54. The molecule has 0 radical (unpaired) electrons. The number of hydrogen-bond donors (Lipinski definition) is 0. The largest absolute Gasteiger partial charge is 0.457 e. The van der Waals surface area contributed by atoms with Crippen molar-refractivity contribution in [2.24, 2.45) is 0 Å². The van der Waals surface area contributed by atoms with E-state index >= 15 is 0 Å². The van der Waals surface area contributed by atoms with Gasteiger partial charge in [-0.1, -0.05) is 184 Å². The summed E-state index contributed by atoms with van der Waals surface area (Å²) in [5.41, 5.74) is 13.2. The molecule has 0 N–H and O–H groups in total. The third-order valence-electron chi connectivity index (χ3n) is 8.81. The van der Waals surface area contributed by atoms with Crippen LogP contribution in [0, 0.1) is 55.4 Å². The molecule has 0 fully saturated rings. The Balaban J connectivity index is -0.000000150. The second-order valence-corrected chi connectivity index (χ2v) is 24.1. The van der Waals surface area contributed by atoms with Crippen LogP contribution >= 0.6 is 0 Å². The van der Waals surface area contributed by atoms with Crippen molar-refractivity contribution in [3.63, 3.8) is 0 Å². The Morgan fingerprint density at radius 1 is 0.351 bits per heavy atom. The summed E-state index contributed by atoms with van der Waals surface area (Å²) < 4.78 is 11.9. The van der Waals surface area contributed by atoms with Crippen LogP contribution in [-0.4, -0.2) is 16.6 Å². The molecule has 0 saturated carbocycles. The van der Waals surface area contributed by atoms with Crippen molar-refractivity contribution in [2.45, 2.75) is 160 Å². The Labute approximate surface area is 359 Å². The minimum atomic E-state index is -1.27. The van der Waals surface area contributed by atoms with Gasteiger partial charge in [-0.2, -0.15) is 0 Å². The standard InChI is InChI=1S/C16H18.C14H14O.C8H22OSi2.C8H10.7CH4/c1-11-5-7-15(13(3)9-11)16-8-6-12(2)10-14(16)4;1-11-3-7-13(8-4-11)15-14-9-5-12(2)6-10-14;1-7-10(3,4)9-11(5,6)8-2;1-7-3-5-8(2)6-4-7;;;;;;;/h5-10H,1-4H3;3-10H,1-2H3;7-8H2,1-6H3;3-6H,1-2H3;7*1H4. The third-order valence-corrected chi connectivity index (χ3v) is 16.6. The summed E-state index contributed by atoms with van der Waals surface area (Å²) in [4.78, 5) is 0. The van der Waals surface area contributed by atoms with Crippen molar-refractivity contribution < 1.29 is 8.85 Å². The van der Waals surface area contributed by atoms with E-state index in [0.29, 0.717) is 0 Å². The quantitative estimate of drug-likeness (QED) is 0.152. The smallest absolute Gasteiger partial charge is 0.173 e. The molecule has 5 rings (SSSR count). The molecule has 0 spiro atoms. The minimum Gasteiger partial charge on any atom is -0.457 e. The summed E-state index contributed by atoms with van der Waals surface area (Å²) >= 11 is 0. The van der Waals surface area contributed by atoms with Crippen molar-refractivity contribution in [2.75, 3.05) is 0 Å². The molecule has 0 aliphatic carbocycles. The Morgan fingerprint density at radius 3 is 0.807 bits per heavy atom. The zero-order valence-corrected chi connectivity index (χ0v) is 35.6. The number of aryl methyl sites for hydroxylation is 8. The van der Waals surface area contributed by atoms with Crippen LogP contribution in [0.2, 0.25) is 38.3 Å². The van der Waals surface area contributed by atoms with E-state index in [9.17, 15) is 0 Å². The molecule has 4 heteroatoms. The van der Waals surface area contributed by atoms with Crippen LogP contribution in [0.5, 0.6) is 11.5 Å². The lowest BCUT2D eigenvalue weighted by molar-refractivity contribution is 0.482. The zero-order valence-electron chi connectivity index (χ0n) is 33.6.